The maximum absolute atomic E-state index is 13.8. The number of methoxy groups -OCH3 is 2. The zero-order valence-corrected chi connectivity index (χ0v) is 34.2. The molecule has 4 aromatic rings. The second-order valence-electron chi connectivity index (χ2n) is 16.0. The first-order chi connectivity index (χ1) is 28.4. The summed E-state index contributed by atoms with van der Waals surface area (Å²) in [6.45, 7) is 8.82. The van der Waals surface area contributed by atoms with Gasteiger partial charge in [-0.3, -0.25) is 14.4 Å². The number of carbonyl (C=O) groups is 5. The highest BCUT2D eigenvalue weighted by molar-refractivity contribution is 6.04. The van der Waals surface area contributed by atoms with Gasteiger partial charge in [-0.05, 0) is 60.8 Å². The molecule has 7 rings (SSSR count). The van der Waals surface area contributed by atoms with Gasteiger partial charge in [0.15, 0.2) is 5.78 Å². The van der Waals surface area contributed by atoms with Crippen molar-refractivity contribution < 1.29 is 38.2 Å². The van der Waals surface area contributed by atoms with E-state index in [1.165, 1.54) is 14.2 Å². The Bertz CT molecular complexity index is 2200. The van der Waals surface area contributed by atoms with Gasteiger partial charge in [-0.15, -0.1) is 0 Å². The minimum atomic E-state index is -0.726. The van der Waals surface area contributed by atoms with Gasteiger partial charge >= 0.3 is 12.2 Å². The number of amides is 4. The van der Waals surface area contributed by atoms with E-state index in [-0.39, 0.29) is 48.1 Å². The van der Waals surface area contributed by atoms with Crippen LogP contribution in [-0.4, -0.2) is 106 Å². The van der Waals surface area contributed by atoms with Crippen molar-refractivity contribution in [3.63, 3.8) is 0 Å². The number of benzene rings is 2. The SMILES string of the molecule is COC(=O)NC(C(=O)N1CCCC1c1ncc(-c2ccc(C3COc4cc(-c5cnc(C6CCCN6C(=O)C(NC(=O)OC)C(C)C)[nH]5)ccc4C3=O)cc2)[nH]1)C(C)C. The van der Waals surface area contributed by atoms with Crippen molar-refractivity contribution in [1.82, 2.24) is 40.4 Å². The molecule has 0 spiro atoms. The third kappa shape index (κ3) is 8.39. The fourth-order valence-corrected chi connectivity index (χ4v) is 8.28. The van der Waals surface area contributed by atoms with Crippen LogP contribution in [0.5, 0.6) is 5.75 Å². The van der Waals surface area contributed by atoms with Gasteiger partial charge in [0, 0.05) is 18.7 Å². The second-order valence-corrected chi connectivity index (χ2v) is 16.0. The Labute approximate surface area is 342 Å². The highest BCUT2D eigenvalue weighted by atomic mass is 16.5. The molecule has 3 aliphatic rings. The molecule has 5 heterocycles. The van der Waals surface area contributed by atoms with Gasteiger partial charge in [0.25, 0.3) is 0 Å². The molecule has 16 nitrogen and oxygen atoms in total. The highest BCUT2D eigenvalue weighted by Gasteiger charge is 2.39. The number of alkyl carbamates (subject to hydrolysis) is 2. The van der Waals surface area contributed by atoms with Gasteiger partial charge in [0.05, 0.1) is 61.6 Å². The summed E-state index contributed by atoms with van der Waals surface area (Å²) >= 11 is 0. The summed E-state index contributed by atoms with van der Waals surface area (Å²) < 4.78 is 15.7. The number of aromatic nitrogens is 4. The van der Waals surface area contributed by atoms with E-state index in [0.717, 1.165) is 53.8 Å². The summed E-state index contributed by atoms with van der Waals surface area (Å²) in [4.78, 5) is 84.5. The molecule has 16 heteroatoms. The molecular formula is C43H52N8O8. The van der Waals surface area contributed by atoms with E-state index in [1.54, 1.807) is 28.3 Å². The first kappa shape index (κ1) is 41.0. The maximum Gasteiger partial charge on any atom is 0.407 e. The second kappa shape index (κ2) is 17.3. The van der Waals surface area contributed by atoms with Crippen LogP contribution in [0.2, 0.25) is 0 Å². The average Bonchev–Trinajstić information content (AvgIpc) is 4.08. The van der Waals surface area contributed by atoms with E-state index < -0.39 is 30.2 Å². The number of rotatable bonds is 11. The molecule has 4 amide bonds. The van der Waals surface area contributed by atoms with Crippen LogP contribution in [0.15, 0.2) is 54.9 Å². The Balaban J connectivity index is 1.01. The number of carbonyl (C=O) groups excluding carboxylic acids is 5. The molecule has 2 fully saturated rings. The fourth-order valence-electron chi connectivity index (χ4n) is 8.28. The average molecular weight is 809 g/mol. The smallest absolute Gasteiger partial charge is 0.407 e. The number of hydrogen-bond donors (Lipinski definition) is 4. The molecule has 2 saturated heterocycles. The Morgan fingerprint density at radius 3 is 1.73 bits per heavy atom. The highest BCUT2D eigenvalue weighted by Crippen LogP contribution is 2.38. The third-order valence-electron chi connectivity index (χ3n) is 11.6. The number of fused-ring (bicyclic) bond motifs is 1. The number of likely N-dealkylation sites (tertiary alicyclic amines) is 2. The Morgan fingerprint density at radius 1 is 0.746 bits per heavy atom. The van der Waals surface area contributed by atoms with Crippen LogP contribution in [-0.2, 0) is 19.1 Å². The molecule has 5 unspecified atom stereocenters. The largest absolute Gasteiger partial charge is 0.492 e. The summed E-state index contributed by atoms with van der Waals surface area (Å²) in [5.41, 5.74) is 4.51. The predicted molar refractivity (Wildman–Crippen MR) is 216 cm³/mol. The number of aromatic amines is 2. The molecule has 5 atom stereocenters. The van der Waals surface area contributed by atoms with Crippen LogP contribution in [0.1, 0.15) is 99.0 Å². The number of ether oxygens (including phenoxy) is 3. The number of hydrogen-bond acceptors (Lipinski definition) is 10. The molecule has 0 aliphatic carbocycles. The van der Waals surface area contributed by atoms with E-state index in [4.69, 9.17) is 14.2 Å². The van der Waals surface area contributed by atoms with E-state index in [0.29, 0.717) is 36.1 Å². The number of nitrogens with one attached hydrogen (secondary N) is 4. The van der Waals surface area contributed by atoms with Crippen LogP contribution in [0.3, 0.4) is 0 Å². The first-order valence-electron chi connectivity index (χ1n) is 20.2. The van der Waals surface area contributed by atoms with Gasteiger partial charge in [0.1, 0.15) is 36.1 Å². The van der Waals surface area contributed by atoms with Crippen LogP contribution in [0, 0.1) is 11.8 Å². The Hall–Kier alpha value is -6.19. The number of ketones is 1. The van der Waals surface area contributed by atoms with E-state index in [9.17, 15) is 24.0 Å². The summed E-state index contributed by atoms with van der Waals surface area (Å²) in [5.74, 6) is 0.678. The van der Waals surface area contributed by atoms with Crippen molar-refractivity contribution in [3.05, 3.63) is 77.6 Å². The monoisotopic (exact) mass is 808 g/mol. The lowest BCUT2D eigenvalue weighted by Gasteiger charge is -2.30. The van der Waals surface area contributed by atoms with Crippen molar-refractivity contribution in [3.8, 4) is 28.3 Å². The fraction of sp³-hybridized carbons (Fsp3) is 0.465. The molecule has 59 heavy (non-hydrogen) atoms. The molecule has 312 valence electrons. The normalized spacial score (nSPS) is 19.9. The number of Topliss-reactive ketones (excluding diaryl/α,β-unsaturated/α-hetero) is 1. The van der Waals surface area contributed by atoms with Gasteiger partial charge < -0.3 is 44.6 Å². The van der Waals surface area contributed by atoms with Gasteiger partial charge in [-0.1, -0.05) is 58.0 Å². The van der Waals surface area contributed by atoms with Crippen molar-refractivity contribution in [2.45, 2.75) is 83.5 Å². The minimum absolute atomic E-state index is 0.0348. The minimum Gasteiger partial charge on any atom is -0.492 e. The Kier molecular flexibility index (Phi) is 12.1. The zero-order chi connectivity index (χ0) is 42.0. The predicted octanol–water partition coefficient (Wildman–Crippen LogP) is 5.91. The maximum atomic E-state index is 13.8. The molecule has 3 aliphatic heterocycles. The van der Waals surface area contributed by atoms with Crippen molar-refractivity contribution in [1.29, 1.82) is 0 Å². The standard InChI is InChI=1S/C43H52N8O8/c1-23(2)35(48-42(55)57-5)40(53)50-17-7-9-32(50)38-44-20-30(46-38)26-13-11-25(12-14-26)29-22-59-34-19-27(15-16-28(34)37(29)52)31-21-45-39(47-31)33-10-8-18-51(33)41(54)36(24(3)4)49-43(56)58-6/h11-16,19-21,23-24,29,32-33,35-36H,7-10,17-18,22H2,1-6H3,(H,44,46)(H,45,47)(H,48,55)(H,49,56). The number of nitrogens with zero attached hydrogens (tertiary/aromatic N) is 4. The molecule has 2 aromatic heterocycles. The van der Waals surface area contributed by atoms with Crippen molar-refractivity contribution >= 4 is 29.8 Å². The summed E-state index contributed by atoms with van der Waals surface area (Å²) in [7, 11) is 2.55. The summed E-state index contributed by atoms with van der Waals surface area (Å²) in [5, 5.41) is 5.35. The number of H-pyrrole nitrogens is 2. The molecule has 2 aromatic carbocycles. The van der Waals surface area contributed by atoms with Gasteiger partial charge in [0.2, 0.25) is 11.8 Å². The third-order valence-corrected chi connectivity index (χ3v) is 11.6. The van der Waals surface area contributed by atoms with Crippen molar-refractivity contribution in [2.24, 2.45) is 11.8 Å². The van der Waals surface area contributed by atoms with Crippen molar-refractivity contribution in [2.75, 3.05) is 33.9 Å². The molecule has 0 radical (unpaired) electrons. The quantitative estimate of drug-likeness (QED) is 0.141. The summed E-state index contributed by atoms with van der Waals surface area (Å²) in [6.07, 6.45) is 5.28. The van der Waals surface area contributed by atoms with E-state index in [2.05, 4.69) is 30.6 Å². The van der Waals surface area contributed by atoms with Gasteiger partial charge in [-0.2, -0.15) is 0 Å². The lowest BCUT2D eigenvalue weighted by Crippen LogP contribution is -2.51. The lowest BCUT2D eigenvalue weighted by atomic mass is 9.88. The topological polar surface area (TPSA) is 201 Å². The number of imidazole rings is 2. The Morgan fingerprint density at radius 2 is 1.24 bits per heavy atom. The van der Waals surface area contributed by atoms with E-state index in [1.807, 2.05) is 64.1 Å². The van der Waals surface area contributed by atoms with E-state index >= 15 is 0 Å². The van der Waals surface area contributed by atoms with Crippen LogP contribution in [0.25, 0.3) is 22.5 Å². The molecule has 4 N–H and O–H groups in total. The van der Waals surface area contributed by atoms with Gasteiger partial charge in [-0.25, -0.2) is 19.6 Å². The summed E-state index contributed by atoms with van der Waals surface area (Å²) in [6, 6.07) is 11.3. The first-order valence-corrected chi connectivity index (χ1v) is 20.2. The zero-order valence-electron chi connectivity index (χ0n) is 34.2. The van der Waals surface area contributed by atoms with Crippen LogP contribution < -0.4 is 15.4 Å². The van der Waals surface area contributed by atoms with Crippen LogP contribution >= 0.6 is 0 Å². The van der Waals surface area contributed by atoms with Crippen LogP contribution in [0.4, 0.5) is 9.59 Å². The lowest BCUT2D eigenvalue weighted by molar-refractivity contribution is -0.136. The molecular weight excluding hydrogens is 757 g/mol. The molecule has 0 saturated carbocycles. The molecule has 0 bridgehead atoms.